The lowest BCUT2D eigenvalue weighted by atomic mass is 9.81. The Balaban J connectivity index is 1.78. The number of rotatable bonds is 2. The van der Waals surface area contributed by atoms with Gasteiger partial charge in [0, 0.05) is 12.4 Å². The number of pyridine rings is 1. The van der Waals surface area contributed by atoms with Crippen LogP contribution < -0.4 is 0 Å². The average Bonchev–Trinajstić information content (AvgIpc) is 2.83. The molecule has 1 aliphatic rings. The summed E-state index contributed by atoms with van der Waals surface area (Å²) in [4.78, 5) is 4.24. The van der Waals surface area contributed by atoms with Crippen LogP contribution in [0.5, 0.6) is 0 Å². The summed E-state index contributed by atoms with van der Waals surface area (Å²) in [6.45, 7) is 0. The van der Waals surface area contributed by atoms with E-state index in [4.69, 9.17) is 0 Å². The summed E-state index contributed by atoms with van der Waals surface area (Å²) in [5.41, 5.74) is 8.03. The van der Waals surface area contributed by atoms with Gasteiger partial charge in [0.1, 0.15) is 0 Å². The van der Waals surface area contributed by atoms with Crippen LogP contribution >= 0.6 is 0 Å². The van der Waals surface area contributed by atoms with Gasteiger partial charge >= 0.3 is 0 Å². The third-order valence-electron chi connectivity index (χ3n) is 6.24. The summed E-state index contributed by atoms with van der Waals surface area (Å²) in [6, 6.07) is 30.8. The molecule has 0 amide bonds. The van der Waals surface area contributed by atoms with E-state index in [1.807, 2.05) is 12.4 Å². The van der Waals surface area contributed by atoms with Crippen LogP contribution in [0.2, 0.25) is 0 Å². The number of aromatic nitrogens is 1. The van der Waals surface area contributed by atoms with Crippen molar-refractivity contribution in [1.29, 1.82) is 0 Å². The number of hydrogen-bond acceptors (Lipinski definition) is 1. The highest BCUT2D eigenvalue weighted by molar-refractivity contribution is 6.20. The van der Waals surface area contributed by atoms with Gasteiger partial charge in [-0.25, -0.2) is 0 Å². The zero-order valence-corrected chi connectivity index (χ0v) is 16.7. The van der Waals surface area contributed by atoms with E-state index in [0.29, 0.717) is 0 Å². The zero-order chi connectivity index (χ0) is 19.9. The van der Waals surface area contributed by atoms with Gasteiger partial charge in [-0.05, 0) is 79.9 Å². The van der Waals surface area contributed by atoms with Gasteiger partial charge < -0.3 is 0 Å². The number of aryl methyl sites for hydroxylation is 1. The van der Waals surface area contributed by atoms with Crippen molar-refractivity contribution in [3.8, 4) is 11.1 Å². The molecule has 0 atom stereocenters. The van der Waals surface area contributed by atoms with Crippen molar-refractivity contribution in [2.75, 3.05) is 0 Å². The Kier molecular flexibility index (Phi) is 3.99. The summed E-state index contributed by atoms with van der Waals surface area (Å²) >= 11 is 0. The Hall–Kier alpha value is -3.71. The van der Waals surface area contributed by atoms with E-state index in [9.17, 15) is 0 Å². The highest BCUT2D eigenvalue weighted by Gasteiger charge is 2.21. The van der Waals surface area contributed by atoms with E-state index in [1.165, 1.54) is 54.9 Å². The predicted octanol–water partition coefficient (Wildman–Crippen LogP) is 7.43. The molecule has 0 saturated carbocycles. The number of fused-ring (bicyclic) bond motifs is 3. The normalized spacial score (nSPS) is 13.3. The molecule has 1 aromatic heterocycles. The molecule has 5 aromatic rings. The van der Waals surface area contributed by atoms with Gasteiger partial charge in [0.05, 0.1) is 0 Å². The van der Waals surface area contributed by atoms with E-state index < -0.39 is 0 Å². The quantitative estimate of drug-likeness (QED) is 0.289. The number of allylic oxidation sites excluding steroid dienone is 1. The SMILES string of the molecule is C1=C(c2c3ccccc3c(-c3ccncc3)c3ccccc23)c2ccccc2CC1. The van der Waals surface area contributed by atoms with Crippen LogP contribution in [0.25, 0.3) is 38.2 Å². The van der Waals surface area contributed by atoms with E-state index in [-0.39, 0.29) is 0 Å². The molecule has 0 radical (unpaired) electrons. The van der Waals surface area contributed by atoms with E-state index in [2.05, 4.69) is 96.0 Å². The summed E-state index contributed by atoms with van der Waals surface area (Å²) < 4.78 is 0. The van der Waals surface area contributed by atoms with Crippen molar-refractivity contribution < 1.29 is 0 Å². The fourth-order valence-electron chi connectivity index (χ4n) is 4.97. The molecule has 1 aliphatic carbocycles. The lowest BCUT2D eigenvalue weighted by Crippen LogP contribution is -2.02. The molecule has 142 valence electrons. The summed E-state index contributed by atoms with van der Waals surface area (Å²) in [5, 5.41) is 5.21. The van der Waals surface area contributed by atoms with Crippen molar-refractivity contribution in [2.45, 2.75) is 12.8 Å². The molecule has 1 heteroatoms. The minimum atomic E-state index is 1.08. The Morgan fingerprint density at radius 1 is 0.567 bits per heavy atom. The van der Waals surface area contributed by atoms with Crippen LogP contribution in [0.3, 0.4) is 0 Å². The van der Waals surface area contributed by atoms with Crippen LogP contribution in [-0.2, 0) is 6.42 Å². The maximum Gasteiger partial charge on any atom is 0.0273 e. The first-order chi connectivity index (χ1) is 14.9. The molecule has 0 aliphatic heterocycles. The molecule has 0 bridgehead atoms. The minimum Gasteiger partial charge on any atom is -0.265 e. The highest BCUT2D eigenvalue weighted by Crippen LogP contribution is 2.44. The molecule has 0 saturated heterocycles. The molecular weight excluding hydrogens is 362 g/mol. The van der Waals surface area contributed by atoms with Gasteiger partial charge in [-0.2, -0.15) is 0 Å². The topological polar surface area (TPSA) is 12.9 Å². The second kappa shape index (κ2) is 6.96. The van der Waals surface area contributed by atoms with Gasteiger partial charge in [0.15, 0.2) is 0 Å². The van der Waals surface area contributed by atoms with Gasteiger partial charge in [-0.3, -0.25) is 4.98 Å². The van der Waals surface area contributed by atoms with E-state index in [1.54, 1.807) is 0 Å². The van der Waals surface area contributed by atoms with Crippen LogP contribution in [0.4, 0.5) is 0 Å². The first-order valence-corrected chi connectivity index (χ1v) is 10.5. The van der Waals surface area contributed by atoms with E-state index >= 15 is 0 Å². The lowest BCUT2D eigenvalue weighted by Gasteiger charge is -2.23. The standard InChI is InChI=1S/C29H21N/c1-2-10-22-20(8-1)9-7-15-23(22)29-26-13-5-3-11-24(26)28(21-16-18-30-19-17-21)25-12-4-6-14-27(25)29/h1-6,8,10-19H,7,9H2. The Labute approximate surface area is 176 Å². The molecule has 0 spiro atoms. The molecule has 1 nitrogen and oxygen atoms in total. The van der Waals surface area contributed by atoms with Crippen molar-refractivity contribution in [1.82, 2.24) is 4.98 Å². The van der Waals surface area contributed by atoms with Crippen molar-refractivity contribution in [2.24, 2.45) is 0 Å². The van der Waals surface area contributed by atoms with Crippen LogP contribution in [0.1, 0.15) is 23.1 Å². The Morgan fingerprint density at radius 3 is 1.80 bits per heavy atom. The maximum absolute atomic E-state index is 4.24. The molecule has 0 unspecified atom stereocenters. The molecule has 30 heavy (non-hydrogen) atoms. The van der Waals surface area contributed by atoms with Gasteiger partial charge in [-0.15, -0.1) is 0 Å². The van der Waals surface area contributed by atoms with Crippen molar-refractivity contribution >= 4 is 27.1 Å². The lowest BCUT2D eigenvalue weighted by molar-refractivity contribution is 0.978. The summed E-state index contributed by atoms with van der Waals surface area (Å²) in [6.07, 6.45) is 8.40. The highest BCUT2D eigenvalue weighted by atomic mass is 14.6. The van der Waals surface area contributed by atoms with Crippen LogP contribution in [0, 0.1) is 0 Å². The zero-order valence-electron chi connectivity index (χ0n) is 16.7. The molecule has 6 rings (SSSR count). The number of nitrogens with zero attached hydrogens (tertiary/aromatic N) is 1. The van der Waals surface area contributed by atoms with E-state index in [0.717, 1.165) is 12.8 Å². The van der Waals surface area contributed by atoms with Crippen molar-refractivity contribution in [3.63, 3.8) is 0 Å². The maximum atomic E-state index is 4.24. The minimum absolute atomic E-state index is 1.08. The van der Waals surface area contributed by atoms with Crippen molar-refractivity contribution in [3.05, 3.63) is 120 Å². The molecular formula is C29H21N. The second-order valence-corrected chi connectivity index (χ2v) is 7.89. The Bertz CT molecular complexity index is 1370. The second-order valence-electron chi connectivity index (χ2n) is 7.89. The first kappa shape index (κ1) is 17.2. The van der Waals surface area contributed by atoms with Gasteiger partial charge in [0.25, 0.3) is 0 Å². The molecule has 0 fully saturated rings. The summed E-state index contributed by atoms with van der Waals surface area (Å²) in [7, 11) is 0. The molecule has 4 aromatic carbocycles. The van der Waals surface area contributed by atoms with Crippen LogP contribution in [-0.4, -0.2) is 4.98 Å². The number of hydrogen-bond donors (Lipinski definition) is 0. The third-order valence-corrected chi connectivity index (χ3v) is 6.24. The predicted molar refractivity (Wildman–Crippen MR) is 127 cm³/mol. The Morgan fingerprint density at radius 2 is 1.13 bits per heavy atom. The molecule has 1 heterocycles. The van der Waals surface area contributed by atoms with Gasteiger partial charge in [-0.1, -0.05) is 78.9 Å². The monoisotopic (exact) mass is 383 g/mol. The fraction of sp³-hybridized carbons (Fsp3) is 0.0690. The summed E-state index contributed by atoms with van der Waals surface area (Å²) in [5.74, 6) is 0. The average molecular weight is 383 g/mol. The third kappa shape index (κ3) is 2.59. The first-order valence-electron chi connectivity index (χ1n) is 10.5. The smallest absolute Gasteiger partial charge is 0.0273 e. The molecule has 0 N–H and O–H groups in total. The van der Waals surface area contributed by atoms with Gasteiger partial charge in [0.2, 0.25) is 0 Å². The largest absolute Gasteiger partial charge is 0.265 e. The fourth-order valence-corrected chi connectivity index (χ4v) is 4.97. The van der Waals surface area contributed by atoms with Crippen LogP contribution in [0.15, 0.2) is 103 Å². The number of benzene rings is 4.